The van der Waals surface area contributed by atoms with Crippen molar-refractivity contribution >= 4 is 21.8 Å². The van der Waals surface area contributed by atoms with Gasteiger partial charge in [-0.25, -0.2) is 0 Å². The molecule has 2 rings (SSSR count). The summed E-state index contributed by atoms with van der Waals surface area (Å²) < 4.78 is 4.93. The lowest BCUT2D eigenvalue weighted by Crippen LogP contribution is -2.29. The number of rotatable bonds is 4. The van der Waals surface area contributed by atoms with Gasteiger partial charge in [0, 0.05) is 11.4 Å². The number of halogens is 1. The summed E-state index contributed by atoms with van der Waals surface area (Å²) in [6, 6.07) is 11.3. The maximum Gasteiger partial charge on any atom is 0.290 e. The van der Waals surface area contributed by atoms with Crippen LogP contribution in [0.4, 0.5) is 0 Å². The van der Waals surface area contributed by atoms with E-state index in [-0.39, 0.29) is 17.7 Å². The first kappa shape index (κ1) is 12.8. The molecule has 0 aliphatic carbocycles. The molecular weight excluding hydrogens is 296 g/mol. The van der Waals surface area contributed by atoms with Crippen LogP contribution in [0.3, 0.4) is 0 Å². The summed E-state index contributed by atoms with van der Waals surface area (Å²) in [7, 11) is 0. The molecule has 1 N–H and O–H groups in total. The van der Waals surface area contributed by atoms with Gasteiger partial charge in [0.2, 0.25) is 5.76 Å². The second-order valence-corrected chi connectivity index (χ2v) is 4.57. The molecule has 1 atom stereocenters. The minimum Gasteiger partial charge on any atom is -0.351 e. The number of nitrogens with one attached hydrogen (secondary N) is 1. The van der Waals surface area contributed by atoms with Crippen molar-refractivity contribution in [1.29, 1.82) is 0 Å². The van der Waals surface area contributed by atoms with E-state index in [2.05, 4.69) is 26.4 Å². The number of alkyl halides is 1. The Labute approximate surface area is 113 Å². The Balaban J connectivity index is 2.10. The van der Waals surface area contributed by atoms with Gasteiger partial charge in [-0.1, -0.05) is 51.4 Å². The van der Waals surface area contributed by atoms with E-state index in [1.54, 1.807) is 13.0 Å². The van der Waals surface area contributed by atoms with E-state index < -0.39 is 0 Å². The van der Waals surface area contributed by atoms with E-state index in [1.807, 2.05) is 30.3 Å². The lowest BCUT2D eigenvalue weighted by atomic mass is 10.1. The van der Waals surface area contributed by atoms with E-state index in [9.17, 15) is 4.79 Å². The Morgan fingerprint density at radius 3 is 2.72 bits per heavy atom. The van der Waals surface area contributed by atoms with Crippen molar-refractivity contribution in [3.63, 3.8) is 0 Å². The summed E-state index contributed by atoms with van der Waals surface area (Å²) in [5.74, 6) is -0.0294. The van der Waals surface area contributed by atoms with Crippen LogP contribution < -0.4 is 5.32 Å². The van der Waals surface area contributed by atoms with Crippen LogP contribution in [-0.2, 0) is 0 Å². The second-order valence-electron chi connectivity index (χ2n) is 3.92. The zero-order valence-electron chi connectivity index (χ0n) is 9.89. The van der Waals surface area contributed by atoms with Gasteiger partial charge < -0.3 is 9.84 Å². The van der Waals surface area contributed by atoms with Crippen LogP contribution in [0.2, 0.25) is 0 Å². The Bertz CT molecular complexity index is 525. The van der Waals surface area contributed by atoms with E-state index >= 15 is 0 Å². The molecule has 0 bridgehead atoms. The molecule has 0 saturated carbocycles. The third-order valence-corrected chi connectivity index (χ3v) is 3.16. The van der Waals surface area contributed by atoms with Crippen LogP contribution in [0.5, 0.6) is 0 Å². The standard InChI is InChI=1S/C13H13BrN2O2/c1-9-7-12(18-16-9)13(17)15-11(8-14)10-5-3-2-4-6-10/h2-7,11H,8H2,1H3,(H,15,17). The highest BCUT2D eigenvalue weighted by molar-refractivity contribution is 9.09. The first-order valence-electron chi connectivity index (χ1n) is 5.56. The van der Waals surface area contributed by atoms with Crippen LogP contribution in [0.25, 0.3) is 0 Å². The van der Waals surface area contributed by atoms with Gasteiger partial charge in [0.25, 0.3) is 5.91 Å². The SMILES string of the molecule is Cc1cc(C(=O)NC(CBr)c2ccccc2)on1. The molecule has 0 saturated heterocycles. The van der Waals surface area contributed by atoms with Gasteiger partial charge >= 0.3 is 0 Å². The summed E-state index contributed by atoms with van der Waals surface area (Å²) in [5, 5.41) is 7.22. The Hall–Kier alpha value is -1.62. The molecule has 0 spiro atoms. The molecule has 4 nitrogen and oxygen atoms in total. The largest absolute Gasteiger partial charge is 0.351 e. The molecule has 94 valence electrons. The fourth-order valence-corrected chi connectivity index (χ4v) is 2.13. The molecule has 2 aromatic rings. The minimum absolute atomic E-state index is 0.0934. The third kappa shape index (κ3) is 2.98. The van der Waals surface area contributed by atoms with Crippen molar-refractivity contribution in [2.75, 3.05) is 5.33 Å². The highest BCUT2D eigenvalue weighted by Crippen LogP contribution is 2.16. The molecule has 0 radical (unpaired) electrons. The summed E-state index contributed by atoms with van der Waals surface area (Å²) in [4.78, 5) is 11.9. The van der Waals surface area contributed by atoms with Gasteiger partial charge in [0.05, 0.1) is 11.7 Å². The van der Waals surface area contributed by atoms with Gasteiger partial charge in [0.15, 0.2) is 0 Å². The third-order valence-electron chi connectivity index (χ3n) is 2.51. The average molecular weight is 309 g/mol. The maximum atomic E-state index is 11.9. The number of aromatic nitrogens is 1. The minimum atomic E-state index is -0.260. The fraction of sp³-hybridized carbons (Fsp3) is 0.231. The number of hydrogen-bond acceptors (Lipinski definition) is 3. The van der Waals surface area contributed by atoms with Gasteiger partial charge in [-0.2, -0.15) is 0 Å². The molecule has 1 aromatic carbocycles. The number of benzene rings is 1. The van der Waals surface area contributed by atoms with Crippen molar-refractivity contribution in [3.05, 3.63) is 53.4 Å². The Morgan fingerprint density at radius 1 is 1.44 bits per heavy atom. The first-order valence-corrected chi connectivity index (χ1v) is 6.68. The zero-order chi connectivity index (χ0) is 13.0. The smallest absolute Gasteiger partial charge is 0.290 e. The van der Waals surface area contributed by atoms with Gasteiger partial charge in [0.1, 0.15) is 0 Å². The van der Waals surface area contributed by atoms with Gasteiger partial charge in [-0.05, 0) is 12.5 Å². The predicted octanol–water partition coefficient (Wildman–Crippen LogP) is 2.85. The van der Waals surface area contributed by atoms with Crippen molar-refractivity contribution in [3.8, 4) is 0 Å². The molecule has 5 heteroatoms. The Morgan fingerprint density at radius 2 is 2.17 bits per heavy atom. The number of aryl methyl sites for hydroxylation is 1. The van der Waals surface area contributed by atoms with E-state index in [4.69, 9.17) is 4.52 Å². The number of hydrogen-bond donors (Lipinski definition) is 1. The van der Waals surface area contributed by atoms with E-state index in [1.165, 1.54) is 0 Å². The van der Waals surface area contributed by atoms with Crippen molar-refractivity contribution in [1.82, 2.24) is 10.5 Å². The highest BCUT2D eigenvalue weighted by atomic mass is 79.9. The molecule has 0 aliphatic rings. The predicted molar refractivity (Wildman–Crippen MR) is 71.7 cm³/mol. The Kier molecular flexibility index (Phi) is 4.15. The summed E-state index contributed by atoms with van der Waals surface area (Å²) >= 11 is 3.40. The maximum absolute atomic E-state index is 11.9. The quantitative estimate of drug-likeness (QED) is 0.884. The fourth-order valence-electron chi connectivity index (χ4n) is 1.60. The average Bonchev–Trinajstić information content (AvgIpc) is 2.83. The second kappa shape index (κ2) is 5.82. The van der Waals surface area contributed by atoms with Crippen molar-refractivity contribution < 1.29 is 9.32 Å². The number of nitrogens with zero attached hydrogens (tertiary/aromatic N) is 1. The molecular formula is C13H13BrN2O2. The van der Waals surface area contributed by atoms with Crippen LogP contribution in [0.15, 0.2) is 40.9 Å². The molecule has 1 aromatic heterocycles. The van der Waals surface area contributed by atoms with E-state index in [0.29, 0.717) is 11.0 Å². The zero-order valence-corrected chi connectivity index (χ0v) is 11.5. The van der Waals surface area contributed by atoms with Crippen LogP contribution >= 0.6 is 15.9 Å². The summed E-state index contributed by atoms with van der Waals surface area (Å²) in [6.45, 7) is 1.78. The molecule has 0 aliphatic heterocycles. The lowest BCUT2D eigenvalue weighted by molar-refractivity contribution is 0.0903. The van der Waals surface area contributed by atoms with Crippen LogP contribution in [-0.4, -0.2) is 16.4 Å². The number of carbonyl (C=O) groups is 1. The topological polar surface area (TPSA) is 55.1 Å². The molecule has 1 unspecified atom stereocenters. The van der Waals surface area contributed by atoms with Crippen LogP contribution in [0.1, 0.15) is 27.9 Å². The van der Waals surface area contributed by atoms with Crippen LogP contribution in [0, 0.1) is 6.92 Å². The monoisotopic (exact) mass is 308 g/mol. The molecule has 0 fully saturated rings. The van der Waals surface area contributed by atoms with E-state index in [0.717, 1.165) is 5.56 Å². The highest BCUT2D eigenvalue weighted by Gasteiger charge is 2.17. The number of carbonyl (C=O) groups excluding carboxylic acids is 1. The molecule has 18 heavy (non-hydrogen) atoms. The molecule has 1 amide bonds. The van der Waals surface area contributed by atoms with Crippen molar-refractivity contribution in [2.24, 2.45) is 0 Å². The number of amides is 1. The van der Waals surface area contributed by atoms with Gasteiger partial charge in [-0.3, -0.25) is 4.79 Å². The lowest BCUT2D eigenvalue weighted by Gasteiger charge is -2.15. The van der Waals surface area contributed by atoms with Crippen molar-refractivity contribution in [2.45, 2.75) is 13.0 Å². The summed E-state index contributed by atoms with van der Waals surface area (Å²) in [5.41, 5.74) is 1.73. The van der Waals surface area contributed by atoms with Gasteiger partial charge in [-0.15, -0.1) is 0 Å². The normalized spacial score (nSPS) is 12.1. The molecule has 1 heterocycles. The first-order chi connectivity index (χ1) is 8.70. The summed E-state index contributed by atoms with van der Waals surface area (Å²) in [6.07, 6.45) is 0.